The van der Waals surface area contributed by atoms with Crippen molar-refractivity contribution in [2.45, 2.75) is 47.3 Å². The number of nitrogens with zero attached hydrogens (tertiary/aromatic N) is 4. The van der Waals surface area contributed by atoms with Crippen LogP contribution in [-0.4, -0.2) is 24.7 Å². The highest BCUT2D eigenvalue weighted by Crippen LogP contribution is 2.17. The van der Waals surface area contributed by atoms with Gasteiger partial charge >= 0.3 is 0 Å². The summed E-state index contributed by atoms with van der Waals surface area (Å²) in [6, 6.07) is 10.2. The predicted octanol–water partition coefficient (Wildman–Crippen LogP) is 3.18. The largest absolute Gasteiger partial charge is 0.359 e. The minimum absolute atomic E-state index is 0.630. The Morgan fingerprint density at radius 2 is 1.70 bits per heavy atom. The van der Waals surface area contributed by atoms with Crippen LogP contribution in [0.15, 0.2) is 36.5 Å². The summed E-state index contributed by atoms with van der Waals surface area (Å²) >= 11 is 5.44. The molecule has 0 radical (unpaired) electrons. The third-order valence-electron chi connectivity index (χ3n) is 4.68. The molecule has 3 aromatic rings. The van der Waals surface area contributed by atoms with Gasteiger partial charge in [0.15, 0.2) is 5.11 Å². The summed E-state index contributed by atoms with van der Waals surface area (Å²) in [6.45, 7) is 10.4. The summed E-state index contributed by atoms with van der Waals surface area (Å²) in [7, 11) is 0. The van der Waals surface area contributed by atoms with Gasteiger partial charge in [0.05, 0.1) is 17.1 Å². The van der Waals surface area contributed by atoms with E-state index in [1.165, 1.54) is 0 Å². The molecule has 3 rings (SSSR count). The van der Waals surface area contributed by atoms with Crippen molar-refractivity contribution >= 4 is 17.3 Å². The van der Waals surface area contributed by atoms with E-state index in [0.717, 1.165) is 40.4 Å². The summed E-state index contributed by atoms with van der Waals surface area (Å²) < 4.78 is 3.92. The Kier molecular flexibility index (Phi) is 5.91. The van der Waals surface area contributed by atoms with E-state index in [4.69, 9.17) is 12.2 Å². The van der Waals surface area contributed by atoms with Gasteiger partial charge in [-0.05, 0) is 52.0 Å². The fourth-order valence-corrected chi connectivity index (χ4v) is 3.20. The quantitative estimate of drug-likeness (QED) is 0.641. The van der Waals surface area contributed by atoms with E-state index in [-0.39, 0.29) is 0 Å². The number of nitrogens with one attached hydrogen (secondary N) is 2. The van der Waals surface area contributed by atoms with Crippen molar-refractivity contribution in [3.63, 3.8) is 0 Å². The Morgan fingerprint density at radius 3 is 2.37 bits per heavy atom. The number of hydrogen-bond donors (Lipinski definition) is 2. The molecule has 0 fully saturated rings. The van der Waals surface area contributed by atoms with Gasteiger partial charge < -0.3 is 10.6 Å². The summed E-state index contributed by atoms with van der Waals surface area (Å²) in [4.78, 5) is 0. The molecule has 0 aliphatic heterocycles. The van der Waals surface area contributed by atoms with E-state index in [1.54, 1.807) is 0 Å². The number of benzene rings is 1. The van der Waals surface area contributed by atoms with Crippen LogP contribution in [-0.2, 0) is 19.6 Å². The highest BCUT2D eigenvalue weighted by Gasteiger charge is 2.13. The molecule has 0 spiro atoms. The van der Waals surface area contributed by atoms with Crippen LogP contribution in [0.5, 0.6) is 0 Å². The highest BCUT2D eigenvalue weighted by atomic mass is 32.1. The molecule has 0 atom stereocenters. The maximum Gasteiger partial charge on any atom is 0.166 e. The first-order valence-electron chi connectivity index (χ1n) is 9.14. The minimum Gasteiger partial charge on any atom is -0.359 e. The van der Waals surface area contributed by atoms with Crippen LogP contribution in [0.2, 0.25) is 0 Å². The summed E-state index contributed by atoms with van der Waals surface area (Å²) in [5.41, 5.74) is 6.54. The molecule has 2 N–H and O–H groups in total. The van der Waals surface area contributed by atoms with E-state index < -0.39 is 0 Å². The lowest BCUT2D eigenvalue weighted by atomic mass is 10.2. The molecule has 0 saturated carbocycles. The Labute approximate surface area is 165 Å². The van der Waals surface area contributed by atoms with Gasteiger partial charge in [0.2, 0.25) is 0 Å². The Morgan fingerprint density at radius 1 is 1.00 bits per heavy atom. The van der Waals surface area contributed by atoms with E-state index in [9.17, 15) is 0 Å². The molecule has 2 heterocycles. The van der Waals surface area contributed by atoms with Gasteiger partial charge in [-0.1, -0.05) is 18.2 Å². The highest BCUT2D eigenvalue weighted by molar-refractivity contribution is 7.80. The fraction of sp³-hybridized carbons (Fsp3) is 0.350. The maximum atomic E-state index is 5.44. The molecule has 0 amide bonds. The molecule has 0 aliphatic rings. The van der Waals surface area contributed by atoms with Crippen LogP contribution in [0, 0.1) is 20.8 Å². The third-order valence-corrected chi connectivity index (χ3v) is 4.97. The molecule has 0 unspecified atom stereocenters. The summed E-state index contributed by atoms with van der Waals surface area (Å²) in [6.07, 6.45) is 2.06. The number of aromatic nitrogens is 4. The van der Waals surface area contributed by atoms with Crippen molar-refractivity contribution < 1.29 is 0 Å². The van der Waals surface area contributed by atoms with Gasteiger partial charge in [0, 0.05) is 42.7 Å². The van der Waals surface area contributed by atoms with Crippen molar-refractivity contribution in [3.8, 4) is 5.69 Å². The van der Waals surface area contributed by atoms with E-state index >= 15 is 0 Å². The second-order valence-corrected chi connectivity index (χ2v) is 6.94. The zero-order valence-corrected chi connectivity index (χ0v) is 17.1. The van der Waals surface area contributed by atoms with Gasteiger partial charge in [-0.15, -0.1) is 0 Å². The molecular weight excluding hydrogens is 356 g/mol. The number of aryl methyl sites for hydroxylation is 3. The lowest BCUT2D eigenvalue weighted by Crippen LogP contribution is -2.34. The second kappa shape index (κ2) is 8.35. The van der Waals surface area contributed by atoms with Crippen LogP contribution in [0.4, 0.5) is 0 Å². The fourth-order valence-electron chi connectivity index (χ4n) is 3.05. The molecule has 0 bridgehead atoms. The van der Waals surface area contributed by atoms with Crippen LogP contribution in [0.25, 0.3) is 5.69 Å². The first-order valence-corrected chi connectivity index (χ1v) is 9.55. The molecule has 142 valence electrons. The number of thiocarbonyl (C=S) groups is 1. The average Bonchev–Trinajstić information content (AvgIpc) is 3.18. The molecule has 6 nitrogen and oxygen atoms in total. The lowest BCUT2D eigenvalue weighted by molar-refractivity contribution is 0.653. The molecule has 0 saturated heterocycles. The van der Waals surface area contributed by atoms with Gasteiger partial charge in [-0.3, -0.25) is 4.68 Å². The van der Waals surface area contributed by atoms with E-state index in [2.05, 4.69) is 53.0 Å². The standard InChI is InChI=1S/C20H26N6S/c1-5-25-13-17(14(2)23-25)11-21-20(27)22-12-19-15(3)24-26(16(19)4)18-9-7-6-8-10-18/h6-10,13H,5,11-12H2,1-4H3,(H2,21,22,27). The monoisotopic (exact) mass is 382 g/mol. The second-order valence-electron chi connectivity index (χ2n) is 6.53. The summed E-state index contributed by atoms with van der Waals surface area (Å²) in [5, 5.41) is 16.3. The molecule has 7 heteroatoms. The molecule has 0 aliphatic carbocycles. The van der Waals surface area contributed by atoms with Crippen LogP contribution in [0.3, 0.4) is 0 Å². The van der Waals surface area contributed by atoms with Crippen LogP contribution in [0.1, 0.15) is 35.1 Å². The Hall–Kier alpha value is -2.67. The Bertz CT molecular complexity index is 926. The molecular formula is C20H26N6S. The van der Waals surface area contributed by atoms with Gasteiger partial charge in [-0.25, -0.2) is 4.68 Å². The average molecular weight is 383 g/mol. The van der Waals surface area contributed by atoms with Crippen molar-refractivity contribution in [2.75, 3.05) is 0 Å². The lowest BCUT2D eigenvalue weighted by Gasteiger charge is -2.11. The van der Waals surface area contributed by atoms with Crippen molar-refractivity contribution in [1.82, 2.24) is 30.2 Å². The number of rotatable bonds is 6. The zero-order chi connectivity index (χ0) is 19.4. The molecule has 27 heavy (non-hydrogen) atoms. The van der Waals surface area contributed by atoms with Crippen LogP contribution < -0.4 is 10.6 Å². The van der Waals surface area contributed by atoms with Crippen molar-refractivity contribution in [1.29, 1.82) is 0 Å². The van der Waals surface area contributed by atoms with E-state index in [1.807, 2.05) is 41.4 Å². The van der Waals surface area contributed by atoms with Gasteiger partial charge in [0.25, 0.3) is 0 Å². The summed E-state index contributed by atoms with van der Waals surface area (Å²) in [5.74, 6) is 0. The van der Waals surface area contributed by atoms with E-state index in [0.29, 0.717) is 18.2 Å². The Balaban J connectivity index is 1.60. The molecule has 2 aromatic heterocycles. The zero-order valence-electron chi connectivity index (χ0n) is 16.3. The van der Waals surface area contributed by atoms with Crippen molar-refractivity contribution in [3.05, 3.63) is 64.7 Å². The topological polar surface area (TPSA) is 59.7 Å². The third kappa shape index (κ3) is 4.36. The SMILES string of the molecule is CCn1cc(CNC(=S)NCc2c(C)nn(-c3ccccc3)c2C)c(C)n1. The smallest absolute Gasteiger partial charge is 0.166 e. The number of para-hydroxylation sites is 1. The normalized spacial score (nSPS) is 10.8. The number of hydrogen-bond acceptors (Lipinski definition) is 3. The van der Waals surface area contributed by atoms with Crippen LogP contribution >= 0.6 is 12.2 Å². The van der Waals surface area contributed by atoms with Crippen molar-refractivity contribution in [2.24, 2.45) is 0 Å². The first kappa shape index (κ1) is 19.1. The molecule has 1 aromatic carbocycles. The predicted molar refractivity (Wildman–Crippen MR) is 112 cm³/mol. The van der Waals surface area contributed by atoms with Gasteiger partial charge in [0.1, 0.15) is 0 Å². The van der Waals surface area contributed by atoms with Gasteiger partial charge in [-0.2, -0.15) is 10.2 Å². The maximum absolute atomic E-state index is 5.44. The minimum atomic E-state index is 0.630. The first-order chi connectivity index (χ1) is 13.0.